The molecule has 0 spiro atoms. The van der Waals surface area contributed by atoms with Gasteiger partial charge in [-0.3, -0.25) is 15.0 Å². The van der Waals surface area contributed by atoms with Gasteiger partial charge in [0.2, 0.25) is 0 Å². The monoisotopic (exact) mass is 383 g/mol. The maximum absolute atomic E-state index is 12.3. The van der Waals surface area contributed by atoms with Gasteiger partial charge in [-0.15, -0.1) is 11.8 Å². The van der Waals surface area contributed by atoms with E-state index in [1.807, 2.05) is 0 Å². The highest BCUT2D eigenvalue weighted by Gasteiger charge is 2.36. The Bertz CT molecular complexity index is 820. The molecule has 1 unspecified atom stereocenters. The maximum atomic E-state index is 12.3. The number of halogens is 2. The summed E-state index contributed by atoms with van der Waals surface area (Å²) in [5.41, 5.74) is 8.78. The zero-order valence-electron chi connectivity index (χ0n) is 12.1. The van der Waals surface area contributed by atoms with Crippen LogP contribution in [-0.2, 0) is 4.79 Å². The summed E-state index contributed by atoms with van der Waals surface area (Å²) >= 11 is 13.5. The first-order valence-corrected chi connectivity index (χ1v) is 8.54. The van der Waals surface area contributed by atoms with Crippen molar-refractivity contribution in [2.75, 3.05) is 11.5 Å². The van der Waals surface area contributed by atoms with Crippen molar-refractivity contribution in [3.05, 3.63) is 51.9 Å². The summed E-state index contributed by atoms with van der Waals surface area (Å²) in [6.07, 6.45) is 2.72. The first-order valence-electron chi connectivity index (χ1n) is 6.73. The number of nitrogens with one attached hydrogen (secondary N) is 1. The topological polar surface area (TPSA) is 101 Å². The first-order chi connectivity index (χ1) is 11.5. The van der Waals surface area contributed by atoms with Crippen LogP contribution >= 0.6 is 35.0 Å². The zero-order chi connectivity index (χ0) is 17.3. The van der Waals surface area contributed by atoms with Crippen LogP contribution in [-0.4, -0.2) is 32.5 Å². The summed E-state index contributed by atoms with van der Waals surface area (Å²) in [7, 11) is 0. The van der Waals surface area contributed by atoms with Crippen molar-refractivity contribution in [3.8, 4) is 0 Å². The lowest BCUT2D eigenvalue weighted by Crippen LogP contribution is -2.45. The number of thioether (sulfide) groups is 1. The van der Waals surface area contributed by atoms with Gasteiger partial charge in [-0.05, 0) is 12.1 Å². The quantitative estimate of drug-likeness (QED) is 0.842. The number of hydrazine groups is 1. The summed E-state index contributed by atoms with van der Waals surface area (Å²) in [5, 5.41) is 1.65. The van der Waals surface area contributed by atoms with Gasteiger partial charge >= 0.3 is 0 Å². The molecule has 1 atom stereocenters. The highest BCUT2D eigenvalue weighted by Crippen LogP contribution is 2.41. The third-order valence-corrected chi connectivity index (χ3v) is 5.02. The fraction of sp³-hybridized carbons (Fsp3) is 0.143. The molecule has 10 heteroatoms. The second-order valence-corrected chi connectivity index (χ2v) is 6.74. The largest absolute Gasteiger partial charge is 0.382 e. The Morgan fingerprint density at radius 2 is 2.08 bits per heavy atom. The summed E-state index contributed by atoms with van der Waals surface area (Å²) in [6, 6.07) is 4.98. The molecule has 0 radical (unpaired) electrons. The lowest BCUT2D eigenvalue weighted by molar-refractivity contribution is -0.130. The third-order valence-electron chi connectivity index (χ3n) is 3.26. The van der Waals surface area contributed by atoms with Crippen LogP contribution in [0.1, 0.15) is 21.4 Å². The van der Waals surface area contributed by atoms with E-state index >= 15 is 0 Å². The molecule has 1 saturated heterocycles. The minimum absolute atomic E-state index is 0.0182. The van der Waals surface area contributed by atoms with Gasteiger partial charge in [0.25, 0.3) is 11.8 Å². The number of carbonyl (C=O) groups is 2. The van der Waals surface area contributed by atoms with Gasteiger partial charge in [-0.1, -0.05) is 29.3 Å². The van der Waals surface area contributed by atoms with Crippen LogP contribution < -0.4 is 11.2 Å². The molecule has 7 nitrogen and oxygen atoms in total. The first kappa shape index (κ1) is 16.8. The van der Waals surface area contributed by atoms with Gasteiger partial charge in [-0.2, -0.15) is 0 Å². The fourth-order valence-corrected chi connectivity index (χ4v) is 3.88. The van der Waals surface area contributed by atoms with Crippen molar-refractivity contribution < 1.29 is 9.59 Å². The number of amides is 2. The van der Waals surface area contributed by atoms with Gasteiger partial charge in [0.05, 0.1) is 5.75 Å². The van der Waals surface area contributed by atoms with E-state index in [4.69, 9.17) is 28.9 Å². The summed E-state index contributed by atoms with van der Waals surface area (Å²) in [5.74, 6) is -0.686. The Balaban J connectivity index is 1.86. The second-order valence-electron chi connectivity index (χ2n) is 4.82. The Hall–Kier alpha value is -2.03. The molecule has 124 valence electrons. The van der Waals surface area contributed by atoms with Crippen LogP contribution in [0, 0.1) is 0 Å². The lowest BCUT2D eigenvalue weighted by Gasteiger charge is -2.25. The molecule has 1 aliphatic heterocycles. The average molecular weight is 384 g/mol. The lowest BCUT2D eigenvalue weighted by atomic mass is 10.2. The van der Waals surface area contributed by atoms with E-state index in [1.54, 1.807) is 18.2 Å². The van der Waals surface area contributed by atoms with Crippen LogP contribution in [0.3, 0.4) is 0 Å². The molecule has 24 heavy (non-hydrogen) atoms. The van der Waals surface area contributed by atoms with Crippen molar-refractivity contribution in [2.24, 2.45) is 0 Å². The van der Waals surface area contributed by atoms with Crippen LogP contribution in [0.15, 0.2) is 30.6 Å². The van der Waals surface area contributed by atoms with Crippen LogP contribution in [0.5, 0.6) is 0 Å². The van der Waals surface area contributed by atoms with E-state index in [-0.39, 0.29) is 23.2 Å². The SMILES string of the molecule is Nc1nccnc1C(=O)NN1C(=O)CSC1c1ccc(Cl)cc1Cl. The van der Waals surface area contributed by atoms with Crippen molar-refractivity contribution in [1.82, 2.24) is 20.4 Å². The van der Waals surface area contributed by atoms with Gasteiger partial charge < -0.3 is 5.73 Å². The van der Waals surface area contributed by atoms with Crippen LogP contribution in [0.2, 0.25) is 10.0 Å². The van der Waals surface area contributed by atoms with Gasteiger partial charge in [0, 0.05) is 28.0 Å². The highest BCUT2D eigenvalue weighted by molar-refractivity contribution is 8.00. The van der Waals surface area contributed by atoms with E-state index in [2.05, 4.69) is 15.4 Å². The molecule has 1 aromatic heterocycles. The molecule has 0 saturated carbocycles. The molecule has 2 amide bonds. The van der Waals surface area contributed by atoms with Crippen LogP contribution in [0.25, 0.3) is 0 Å². The summed E-state index contributed by atoms with van der Waals surface area (Å²) < 4.78 is 0. The summed E-state index contributed by atoms with van der Waals surface area (Å²) in [4.78, 5) is 32.2. The standard InChI is InChI=1S/C14H11Cl2N5O2S/c15-7-1-2-8(9(16)5-7)14-21(10(22)6-24-14)20-13(23)11-12(17)19-4-3-18-11/h1-5,14H,6H2,(H2,17,19)(H,20,23). The smallest absolute Gasteiger partial charge is 0.292 e. The predicted molar refractivity (Wildman–Crippen MR) is 92.4 cm³/mol. The summed E-state index contributed by atoms with van der Waals surface area (Å²) in [6.45, 7) is 0. The molecular weight excluding hydrogens is 373 g/mol. The van der Waals surface area contributed by atoms with Gasteiger partial charge in [-0.25, -0.2) is 15.0 Å². The minimum Gasteiger partial charge on any atom is -0.382 e. The van der Waals surface area contributed by atoms with E-state index in [9.17, 15) is 9.59 Å². The molecule has 2 aromatic rings. The number of anilines is 1. The van der Waals surface area contributed by atoms with Crippen molar-refractivity contribution in [1.29, 1.82) is 0 Å². The van der Waals surface area contributed by atoms with Crippen molar-refractivity contribution in [3.63, 3.8) is 0 Å². The number of aromatic nitrogens is 2. The molecule has 1 fully saturated rings. The Morgan fingerprint density at radius 1 is 1.33 bits per heavy atom. The number of benzene rings is 1. The maximum Gasteiger partial charge on any atom is 0.292 e. The number of nitrogens with zero attached hydrogens (tertiary/aromatic N) is 3. The number of carbonyl (C=O) groups excluding carboxylic acids is 2. The molecule has 0 bridgehead atoms. The fourth-order valence-electron chi connectivity index (χ4n) is 2.16. The normalized spacial score (nSPS) is 17.2. The van der Waals surface area contributed by atoms with E-state index in [0.29, 0.717) is 15.6 Å². The van der Waals surface area contributed by atoms with Crippen molar-refractivity contribution >= 4 is 52.6 Å². The Kier molecular flexibility index (Phi) is 4.79. The molecule has 1 aliphatic rings. The van der Waals surface area contributed by atoms with E-state index in [0.717, 1.165) is 0 Å². The Morgan fingerprint density at radius 3 is 2.79 bits per heavy atom. The molecular formula is C14H11Cl2N5O2S. The second kappa shape index (κ2) is 6.84. The predicted octanol–water partition coefficient (Wildman–Crippen LogP) is 2.28. The van der Waals surface area contributed by atoms with Crippen LogP contribution in [0.4, 0.5) is 5.82 Å². The van der Waals surface area contributed by atoms with E-state index < -0.39 is 11.3 Å². The molecule has 2 heterocycles. The zero-order valence-corrected chi connectivity index (χ0v) is 14.4. The highest BCUT2D eigenvalue weighted by atomic mass is 35.5. The number of nitrogens with two attached hydrogens (primary N) is 1. The molecule has 3 rings (SSSR count). The van der Waals surface area contributed by atoms with Crippen molar-refractivity contribution in [2.45, 2.75) is 5.37 Å². The number of rotatable bonds is 3. The third kappa shape index (κ3) is 3.26. The van der Waals surface area contributed by atoms with Gasteiger partial charge in [0.1, 0.15) is 5.37 Å². The minimum atomic E-state index is -0.619. The van der Waals surface area contributed by atoms with E-state index in [1.165, 1.54) is 29.2 Å². The average Bonchev–Trinajstić information content (AvgIpc) is 2.89. The Labute approximate surface area is 151 Å². The molecule has 1 aromatic carbocycles. The molecule has 3 N–H and O–H groups in total. The molecule has 0 aliphatic carbocycles. The number of hydrogen-bond acceptors (Lipinski definition) is 6. The van der Waals surface area contributed by atoms with Gasteiger partial charge in [0.15, 0.2) is 11.5 Å². The number of hydrogen-bond donors (Lipinski definition) is 2. The number of nitrogen functional groups attached to an aromatic ring is 1.